The third-order valence-corrected chi connectivity index (χ3v) is 3.29. The Bertz CT molecular complexity index is 702. The fourth-order valence-electron chi connectivity index (χ4n) is 2.33. The summed E-state index contributed by atoms with van der Waals surface area (Å²) in [7, 11) is 1.22. The Morgan fingerprint density at radius 3 is 2.82 bits per heavy atom. The van der Waals surface area contributed by atoms with E-state index in [1.54, 1.807) is 13.0 Å². The molecule has 0 aliphatic carbocycles. The number of methoxy groups -OCH3 is 1. The summed E-state index contributed by atoms with van der Waals surface area (Å²) in [6.07, 6.45) is 2.85. The zero-order valence-corrected chi connectivity index (χ0v) is 12.3. The molecule has 1 atom stereocenters. The number of hydrogen-bond acceptors (Lipinski definition) is 5. The van der Waals surface area contributed by atoms with Crippen LogP contribution in [-0.4, -0.2) is 30.6 Å². The summed E-state index contributed by atoms with van der Waals surface area (Å²) in [6.45, 7) is 1.88. The molecule has 0 spiro atoms. The van der Waals surface area contributed by atoms with Crippen LogP contribution >= 0.6 is 0 Å². The van der Waals surface area contributed by atoms with Crippen LogP contribution < -0.4 is 0 Å². The number of halogens is 1. The van der Waals surface area contributed by atoms with E-state index in [2.05, 4.69) is 4.98 Å². The molecule has 1 heterocycles. The van der Waals surface area contributed by atoms with Crippen molar-refractivity contribution in [3.8, 4) is 0 Å². The van der Waals surface area contributed by atoms with Crippen molar-refractivity contribution in [2.75, 3.05) is 13.7 Å². The molecule has 1 unspecified atom stereocenters. The number of esters is 2. The van der Waals surface area contributed by atoms with E-state index in [4.69, 9.17) is 9.47 Å². The molecule has 0 radical (unpaired) electrons. The molecule has 22 heavy (non-hydrogen) atoms. The molecule has 5 nitrogen and oxygen atoms in total. The van der Waals surface area contributed by atoms with Crippen LogP contribution in [0, 0.1) is 5.82 Å². The Morgan fingerprint density at radius 1 is 1.36 bits per heavy atom. The summed E-state index contributed by atoms with van der Waals surface area (Å²) in [5.74, 6) is -2.60. The van der Waals surface area contributed by atoms with Crippen molar-refractivity contribution < 1.29 is 23.5 Å². The lowest BCUT2D eigenvalue weighted by molar-refractivity contribution is -0.150. The van der Waals surface area contributed by atoms with Gasteiger partial charge in [0.25, 0.3) is 0 Å². The Labute approximate surface area is 127 Å². The van der Waals surface area contributed by atoms with Gasteiger partial charge in [-0.3, -0.25) is 14.6 Å². The number of nitrogens with zero attached hydrogens (tertiary/aromatic N) is 1. The van der Waals surface area contributed by atoms with E-state index in [1.807, 2.05) is 0 Å². The summed E-state index contributed by atoms with van der Waals surface area (Å²) in [5, 5.41) is 1.20. The van der Waals surface area contributed by atoms with Crippen molar-refractivity contribution in [3.63, 3.8) is 0 Å². The number of benzene rings is 1. The van der Waals surface area contributed by atoms with Gasteiger partial charge in [0.15, 0.2) is 0 Å². The van der Waals surface area contributed by atoms with Gasteiger partial charge in [-0.25, -0.2) is 4.39 Å². The van der Waals surface area contributed by atoms with Crippen LogP contribution in [0.3, 0.4) is 0 Å². The van der Waals surface area contributed by atoms with Gasteiger partial charge in [-0.2, -0.15) is 0 Å². The van der Waals surface area contributed by atoms with Gasteiger partial charge in [0.1, 0.15) is 5.82 Å². The van der Waals surface area contributed by atoms with Crippen LogP contribution in [0.2, 0.25) is 0 Å². The molecule has 0 saturated heterocycles. The summed E-state index contributed by atoms with van der Waals surface area (Å²) in [6, 6.07) is 4.21. The average molecular weight is 305 g/mol. The first-order valence-electron chi connectivity index (χ1n) is 6.83. The minimum absolute atomic E-state index is 0.207. The molecule has 0 N–H and O–H groups in total. The minimum Gasteiger partial charge on any atom is -0.469 e. The molecule has 2 rings (SSSR count). The third kappa shape index (κ3) is 3.39. The predicted octanol–water partition coefficient (Wildman–Crippen LogP) is 2.58. The first-order valence-corrected chi connectivity index (χ1v) is 6.83. The van der Waals surface area contributed by atoms with Crippen molar-refractivity contribution in [3.05, 3.63) is 42.0 Å². The highest BCUT2D eigenvalue weighted by Crippen LogP contribution is 2.30. The van der Waals surface area contributed by atoms with E-state index >= 15 is 0 Å². The highest BCUT2D eigenvalue weighted by molar-refractivity contribution is 5.92. The number of rotatable bonds is 5. The minimum atomic E-state index is -0.938. The maximum absolute atomic E-state index is 13.8. The van der Waals surface area contributed by atoms with Gasteiger partial charge in [0, 0.05) is 17.8 Å². The van der Waals surface area contributed by atoms with Gasteiger partial charge in [-0.1, -0.05) is 0 Å². The normalized spacial score (nSPS) is 12.0. The van der Waals surface area contributed by atoms with Crippen LogP contribution in [0.4, 0.5) is 4.39 Å². The zero-order chi connectivity index (χ0) is 16.1. The summed E-state index contributed by atoms with van der Waals surface area (Å²) in [4.78, 5) is 27.8. The van der Waals surface area contributed by atoms with Gasteiger partial charge in [0.05, 0.1) is 26.1 Å². The van der Waals surface area contributed by atoms with Crippen LogP contribution in [0.1, 0.15) is 24.8 Å². The van der Waals surface area contributed by atoms with Gasteiger partial charge in [0.2, 0.25) is 0 Å². The second-order valence-electron chi connectivity index (χ2n) is 4.68. The quantitative estimate of drug-likeness (QED) is 0.794. The molecule has 0 amide bonds. The molecule has 0 aliphatic rings. The monoisotopic (exact) mass is 305 g/mol. The molecule has 6 heteroatoms. The van der Waals surface area contributed by atoms with Crippen LogP contribution in [-0.2, 0) is 19.1 Å². The van der Waals surface area contributed by atoms with Crippen molar-refractivity contribution >= 4 is 22.7 Å². The van der Waals surface area contributed by atoms with Crippen LogP contribution in [0.5, 0.6) is 0 Å². The maximum atomic E-state index is 13.8. The molecule has 0 bridgehead atoms. The Balaban J connectivity index is 2.51. The molecular weight excluding hydrogens is 289 g/mol. The maximum Gasteiger partial charge on any atom is 0.313 e. The number of pyridine rings is 1. The molecule has 0 aliphatic heterocycles. The number of hydrogen-bond donors (Lipinski definition) is 0. The first kappa shape index (κ1) is 15.9. The number of ether oxygens (including phenoxy) is 2. The smallest absolute Gasteiger partial charge is 0.313 e. The molecule has 0 fully saturated rings. The van der Waals surface area contributed by atoms with Crippen molar-refractivity contribution in [2.45, 2.75) is 19.3 Å². The molecule has 1 aromatic heterocycles. The van der Waals surface area contributed by atoms with Crippen molar-refractivity contribution in [2.24, 2.45) is 0 Å². The fourth-order valence-corrected chi connectivity index (χ4v) is 2.33. The van der Waals surface area contributed by atoms with Gasteiger partial charge < -0.3 is 9.47 Å². The third-order valence-electron chi connectivity index (χ3n) is 3.29. The lowest BCUT2D eigenvalue weighted by Crippen LogP contribution is -2.20. The van der Waals surface area contributed by atoms with Crippen molar-refractivity contribution in [1.29, 1.82) is 0 Å². The highest BCUT2D eigenvalue weighted by atomic mass is 19.1. The zero-order valence-electron chi connectivity index (χ0n) is 12.3. The second-order valence-corrected chi connectivity index (χ2v) is 4.68. The number of carbonyl (C=O) groups is 2. The van der Waals surface area contributed by atoms with E-state index in [0.717, 1.165) is 0 Å². The Morgan fingerprint density at radius 2 is 2.14 bits per heavy atom. The van der Waals surface area contributed by atoms with Gasteiger partial charge in [-0.05, 0) is 36.1 Å². The predicted molar refractivity (Wildman–Crippen MR) is 77.7 cm³/mol. The van der Waals surface area contributed by atoms with E-state index in [9.17, 15) is 14.0 Å². The van der Waals surface area contributed by atoms with Crippen molar-refractivity contribution in [1.82, 2.24) is 4.98 Å². The molecule has 116 valence electrons. The molecule has 1 aromatic carbocycles. The van der Waals surface area contributed by atoms with Crippen LogP contribution in [0.25, 0.3) is 10.8 Å². The lowest BCUT2D eigenvalue weighted by Gasteiger charge is -2.16. The fraction of sp³-hybridized carbons (Fsp3) is 0.312. The van der Waals surface area contributed by atoms with Gasteiger partial charge in [-0.15, -0.1) is 0 Å². The van der Waals surface area contributed by atoms with Crippen LogP contribution in [0.15, 0.2) is 30.6 Å². The average Bonchev–Trinajstić information content (AvgIpc) is 2.51. The highest BCUT2D eigenvalue weighted by Gasteiger charge is 2.27. The lowest BCUT2D eigenvalue weighted by atomic mass is 9.91. The second kappa shape index (κ2) is 6.98. The molecular formula is C16H16FNO4. The SMILES string of the molecule is CCOC(=O)CC(C(=O)OC)c1cc(F)cc2ccncc12. The van der Waals surface area contributed by atoms with E-state index in [1.165, 1.54) is 31.6 Å². The van der Waals surface area contributed by atoms with E-state index in [0.29, 0.717) is 16.3 Å². The summed E-state index contributed by atoms with van der Waals surface area (Å²) < 4.78 is 23.4. The molecule has 0 saturated carbocycles. The summed E-state index contributed by atoms with van der Waals surface area (Å²) >= 11 is 0. The Hall–Kier alpha value is -2.50. The van der Waals surface area contributed by atoms with E-state index < -0.39 is 23.7 Å². The standard InChI is InChI=1S/C16H16FNO4/c1-3-22-15(19)8-13(16(20)21-2)12-7-11(17)6-10-4-5-18-9-14(10)12/h4-7,9,13H,3,8H2,1-2H3. The molecule has 2 aromatic rings. The largest absolute Gasteiger partial charge is 0.469 e. The van der Waals surface area contributed by atoms with E-state index in [-0.39, 0.29) is 13.0 Å². The number of fused-ring (bicyclic) bond motifs is 1. The number of aromatic nitrogens is 1. The first-order chi connectivity index (χ1) is 10.6. The Kier molecular flexibility index (Phi) is 5.04. The summed E-state index contributed by atoms with van der Waals surface area (Å²) in [5.41, 5.74) is 0.364. The van der Waals surface area contributed by atoms with Gasteiger partial charge >= 0.3 is 11.9 Å². The number of carbonyl (C=O) groups excluding carboxylic acids is 2. The topological polar surface area (TPSA) is 65.5 Å².